The number of para-hydroxylation sites is 1. The van der Waals surface area contributed by atoms with Gasteiger partial charge in [-0.15, -0.1) is 0 Å². The van der Waals surface area contributed by atoms with Crippen LogP contribution in [0.4, 0.5) is 5.69 Å². The second-order valence-corrected chi connectivity index (χ2v) is 7.07. The van der Waals surface area contributed by atoms with E-state index in [1.807, 2.05) is 6.92 Å². The molecule has 0 aliphatic carbocycles. The molecule has 1 fully saturated rings. The lowest BCUT2D eigenvalue weighted by atomic mass is 10.1. The number of nitrogens with one attached hydrogen (secondary N) is 2. The maximum absolute atomic E-state index is 12.8. The molecule has 2 atom stereocenters. The van der Waals surface area contributed by atoms with E-state index in [2.05, 4.69) is 10.6 Å². The van der Waals surface area contributed by atoms with E-state index in [0.717, 1.165) is 19.4 Å². The molecule has 160 valence electrons. The van der Waals surface area contributed by atoms with E-state index < -0.39 is 6.10 Å². The van der Waals surface area contributed by atoms with Crippen molar-refractivity contribution in [3.8, 4) is 11.5 Å². The number of hydrogen-bond acceptors (Lipinski definition) is 5. The van der Waals surface area contributed by atoms with Crippen LogP contribution in [-0.2, 0) is 9.53 Å². The lowest BCUT2D eigenvalue weighted by Gasteiger charge is -2.19. The molecule has 2 aromatic carbocycles. The van der Waals surface area contributed by atoms with Crippen LogP contribution in [0, 0.1) is 0 Å². The minimum Gasteiger partial charge on any atom is -0.497 e. The van der Waals surface area contributed by atoms with Gasteiger partial charge in [0.05, 0.1) is 24.5 Å². The molecule has 3 rings (SSSR count). The average Bonchev–Trinajstić information content (AvgIpc) is 3.30. The van der Waals surface area contributed by atoms with Crippen LogP contribution in [0.2, 0.25) is 0 Å². The summed E-state index contributed by atoms with van der Waals surface area (Å²) in [4.78, 5) is 25.4. The number of amides is 2. The van der Waals surface area contributed by atoms with Gasteiger partial charge in [-0.2, -0.15) is 0 Å². The van der Waals surface area contributed by atoms with Gasteiger partial charge in [0.1, 0.15) is 11.5 Å². The molecule has 1 saturated heterocycles. The third-order valence-electron chi connectivity index (χ3n) is 4.94. The van der Waals surface area contributed by atoms with E-state index in [-0.39, 0.29) is 17.9 Å². The van der Waals surface area contributed by atoms with Gasteiger partial charge in [0.25, 0.3) is 11.8 Å². The van der Waals surface area contributed by atoms with Gasteiger partial charge in [-0.25, -0.2) is 0 Å². The molecule has 0 saturated carbocycles. The third kappa shape index (κ3) is 5.73. The van der Waals surface area contributed by atoms with E-state index in [1.165, 1.54) is 0 Å². The number of ether oxygens (including phenoxy) is 3. The van der Waals surface area contributed by atoms with Crippen molar-refractivity contribution in [2.24, 2.45) is 0 Å². The van der Waals surface area contributed by atoms with Crippen molar-refractivity contribution in [1.29, 1.82) is 0 Å². The summed E-state index contributed by atoms with van der Waals surface area (Å²) < 4.78 is 16.5. The van der Waals surface area contributed by atoms with E-state index in [9.17, 15) is 9.59 Å². The Balaban J connectivity index is 1.63. The van der Waals surface area contributed by atoms with Crippen molar-refractivity contribution in [3.05, 3.63) is 54.1 Å². The summed E-state index contributed by atoms with van der Waals surface area (Å²) in [5.41, 5.74) is 0.854. The first kappa shape index (κ1) is 21.6. The van der Waals surface area contributed by atoms with Gasteiger partial charge in [-0.05, 0) is 55.7 Å². The lowest BCUT2D eigenvalue weighted by molar-refractivity contribution is -0.122. The normalized spacial score (nSPS) is 16.5. The van der Waals surface area contributed by atoms with Crippen LogP contribution in [-0.4, -0.2) is 44.3 Å². The summed E-state index contributed by atoms with van der Waals surface area (Å²) >= 11 is 0. The van der Waals surface area contributed by atoms with Crippen molar-refractivity contribution in [1.82, 2.24) is 5.32 Å². The summed E-state index contributed by atoms with van der Waals surface area (Å²) in [5.74, 6) is 0.724. The summed E-state index contributed by atoms with van der Waals surface area (Å²) in [7, 11) is 1.59. The molecule has 0 bridgehead atoms. The maximum atomic E-state index is 12.8. The first-order valence-corrected chi connectivity index (χ1v) is 10.2. The van der Waals surface area contributed by atoms with Crippen LogP contribution in [0.15, 0.2) is 48.5 Å². The number of carbonyl (C=O) groups excluding carboxylic acids is 2. The van der Waals surface area contributed by atoms with Gasteiger partial charge in [0.15, 0.2) is 6.10 Å². The second kappa shape index (κ2) is 10.6. The Labute approximate surface area is 176 Å². The quantitative estimate of drug-likeness (QED) is 0.659. The molecule has 0 unspecified atom stereocenters. The number of benzene rings is 2. The molecule has 2 amide bonds. The Bertz CT molecular complexity index is 847. The van der Waals surface area contributed by atoms with Gasteiger partial charge in [0, 0.05) is 13.2 Å². The number of anilines is 1. The van der Waals surface area contributed by atoms with Gasteiger partial charge >= 0.3 is 0 Å². The van der Waals surface area contributed by atoms with Crippen LogP contribution in [0.3, 0.4) is 0 Å². The summed E-state index contributed by atoms with van der Waals surface area (Å²) in [6.07, 6.45) is 1.80. The average molecular weight is 412 g/mol. The highest BCUT2D eigenvalue weighted by molar-refractivity contribution is 6.04. The molecule has 2 aromatic rings. The van der Waals surface area contributed by atoms with Gasteiger partial charge in [0.2, 0.25) is 0 Å². The molecular weight excluding hydrogens is 384 g/mol. The Hall–Kier alpha value is -3.06. The highest BCUT2D eigenvalue weighted by Gasteiger charge is 2.22. The topological polar surface area (TPSA) is 85.9 Å². The molecule has 2 N–H and O–H groups in total. The number of methoxy groups -OCH3 is 1. The van der Waals surface area contributed by atoms with Crippen molar-refractivity contribution in [3.63, 3.8) is 0 Å². The Kier molecular flexibility index (Phi) is 7.68. The van der Waals surface area contributed by atoms with Crippen molar-refractivity contribution in [2.75, 3.05) is 25.6 Å². The van der Waals surface area contributed by atoms with Gasteiger partial charge in [-0.3, -0.25) is 9.59 Å². The van der Waals surface area contributed by atoms with Crippen LogP contribution >= 0.6 is 0 Å². The number of hydrogen-bond donors (Lipinski definition) is 2. The minimum atomic E-state index is -0.693. The van der Waals surface area contributed by atoms with E-state index in [4.69, 9.17) is 14.2 Å². The fourth-order valence-electron chi connectivity index (χ4n) is 3.25. The van der Waals surface area contributed by atoms with Crippen LogP contribution in [0.1, 0.15) is 36.5 Å². The predicted octanol–water partition coefficient (Wildman–Crippen LogP) is 3.40. The Morgan fingerprint density at radius 1 is 1.13 bits per heavy atom. The van der Waals surface area contributed by atoms with Gasteiger partial charge in [-0.1, -0.05) is 19.1 Å². The standard InChI is InChI=1S/C23H28N2O5/c1-3-21(30-17-12-10-16(28-2)11-13-17)23(27)25-20-9-5-4-8-19(20)22(26)24-15-18-7-6-14-29-18/h4-5,8-13,18,21H,3,6-7,14-15H2,1-2H3,(H,24,26)(H,25,27)/t18-,21+/m1/s1. The molecule has 0 aromatic heterocycles. The molecule has 1 aliphatic heterocycles. The second-order valence-electron chi connectivity index (χ2n) is 7.07. The fourth-order valence-corrected chi connectivity index (χ4v) is 3.25. The smallest absolute Gasteiger partial charge is 0.265 e. The van der Waals surface area contributed by atoms with Crippen LogP contribution in [0.5, 0.6) is 11.5 Å². The first-order valence-electron chi connectivity index (χ1n) is 10.2. The Morgan fingerprint density at radius 3 is 2.53 bits per heavy atom. The van der Waals surface area contributed by atoms with Gasteiger partial charge < -0.3 is 24.8 Å². The molecule has 1 aliphatic rings. The molecule has 0 spiro atoms. The zero-order valence-corrected chi connectivity index (χ0v) is 17.4. The number of carbonyl (C=O) groups is 2. The summed E-state index contributed by atoms with van der Waals surface area (Å²) in [6, 6.07) is 14.0. The Morgan fingerprint density at radius 2 is 1.87 bits per heavy atom. The largest absolute Gasteiger partial charge is 0.497 e. The first-order chi connectivity index (χ1) is 14.6. The third-order valence-corrected chi connectivity index (χ3v) is 4.94. The van der Waals surface area contributed by atoms with Crippen molar-refractivity contribution >= 4 is 17.5 Å². The summed E-state index contributed by atoms with van der Waals surface area (Å²) in [5, 5.41) is 5.72. The maximum Gasteiger partial charge on any atom is 0.265 e. The minimum absolute atomic E-state index is 0.0538. The monoisotopic (exact) mass is 412 g/mol. The lowest BCUT2D eigenvalue weighted by Crippen LogP contribution is -2.35. The predicted molar refractivity (Wildman–Crippen MR) is 114 cm³/mol. The van der Waals surface area contributed by atoms with E-state index >= 15 is 0 Å². The van der Waals surface area contributed by atoms with E-state index in [1.54, 1.807) is 55.6 Å². The zero-order chi connectivity index (χ0) is 21.3. The molecule has 0 radical (unpaired) electrons. The van der Waals surface area contributed by atoms with Crippen molar-refractivity contribution < 1.29 is 23.8 Å². The molecule has 1 heterocycles. The molecular formula is C23H28N2O5. The van der Waals surface area contributed by atoms with Crippen molar-refractivity contribution in [2.45, 2.75) is 38.4 Å². The van der Waals surface area contributed by atoms with Crippen LogP contribution < -0.4 is 20.1 Å². The number of rotatable bonds is 9. The SMILES string of the molecule is CC[C@H](Oc1ccc(OC)cc1)C(=O)Nc1ccccc1C(=O)NC[C@H]1CCCO1. The fraction of sp³-hybridized carbons (Fsp3) is 0.391. The highest BCUT2D eigenvalue weighted by Crippen LogP contribution is 2.21. The van der Waals surface area contributed by atoms with Crippen LogP contribution in [0.25, 0.3) is 0 Å². The zero-order valence-electron chi connectivity index (χ0n) is 17.4. The molecule has 7 nitrogen and oxygen atoms in total. The molecule has 30 heavy (non-hydrogen) atoms. The highest BCUT2D eigenvalue weighted by atomic mass is 16.5. The summed E-state index contributed by atoms with van der Waals surface area (Å²) in [6.45, 7) is 3.06. The molecule has 7 heteroatoms. The van der Waals surface area contributed by atoms with E-state index in [0.29, 0.717) is 35.7 Å².